The Kier molecular flexibility index (Phi) is 7.18. The van der Waals surface area contributed by atoms with E-state index in [4.69, 9.17) is 9.90 Å². The molecular formula is C19H20F4N2O2. The molecule has 0 unspecified atom stereocenters. The van der Waals surface area contributed by atoms with E-state index in [0.29, 0.717) is 5.92 Å². The zero-order chi connectivity index (χ0) is 19.9. The van der Waals surface area contributed by atoms with Crippen molar-refractivity contribution in [3.63, 3.8) is 0 Å². The molecular weight excluding hydrogens is 364 g/mol. The van der Waals surface area contributed by atoms with Gasteiger partial charge in [0.2, 0.25) is 0 Å². The highest BCUT2D eigenvalue weighted by atomic mass is 19.4. The van der Waals surface area contributed by atoms with Gasteiger partial charge in [-0.25, -0.2) is 9.18 Å². The van der Waals surface area contributed by atoms with E-state index in [0.717, 1.165) is 31.7 Å². The molecule has 1 aliphatic rings. The minimum absolute atomic E-state index is 0.178. The smallest absolute Gasteiger partial charge is 0.475 e. The lowest BCUT2D eigenvalue weighted by molar-refractivity contribution is -0.192. The van der Waals surface area contributed by atoms with Gasteiger partial charge >= 0.3 is 12.1 Å². The number of para-hydroxylation sites is 1. The van der Waals surface area contributed by atoms with Gasteiger partial charge in [0.15, 0.2) is 0 Å². The summed E-state index contributed by atoms with van der Waals surface area (Å²) in [7, 11) is 0. The first-order valence-electron chi connectivity index (χ1n) is 8.31. The predicted octanol–water partition coefficient (Wildman–Crippen LogP) is 3.69. The van der Waals surface area contributed by atoms with Crippen LogP contribution in [0.5, 0.6) is 0 Å². The third-order valence-electron chi connectivity index (χ3n) is 4.00. The zero-order valence-electron chi connectivity index (χ0n) is 14.4. The van der Waals surface area contributed by atoms with E-state index in [9.17, 15) is 17.6 Å². The zero-order valence-corrected chi connectivity index (χ0v) is 14.4. The van der Waals surface area contributed by atoms with Gasteiger partial charge in [0.05, 0.1) is 0 Å². The summed E-state index contributed by atoms with van der Waals surface area (Å²) in [6.45, 7) is 4.04. The van der Waals surface area contributed by atoms with Gasteiger partial charge < -0.3 is 15.3 Å². The van der Waals surface area contributed by atoms with Crippen molar-refractivity contribution < 1.29 is 27.5 Å². The number of carbonyl (C=O) groups is 1. The first kappa shape index (κ1) is 20.7. The maximum Gasteiger partial charge on any atom is 0.490 e. The average molecular weight is 384 g/mol. The molecule has 0 aromatic heterocycles. The van der Waals surface area contributed by atoms with Crippen LogP contribution in [-0.2, 0) is 11.3 Å². The molecule has 0 radical (unpaired) electrons. The molecule has 4 nitrogen and oxygen atoms in total. The highest BCUT2D eigenvalue weighted by molar-refractivity contribution is 5.73. The molecule has 1 fully saturated rings. The lowest BCUT2D eigenvalue weighted by Crippen LogP contribution is -2.48. The summed E-state index contributed by atoms with van der Waals surface area (Å²) in [5, 5.41) is 10.4. The molecule has 8 heteroatoms. The molecule has 0 bridgehead atoms. The Hall–Kier alpha value is -2.61. The topological polar surface area (TPSA) is 52.6 Å². The van der Waals surface area contributed by atoms with Crippen LogP contribution >= 0.6 is 0 Å². The second-order valence-corrected chi connectivity index (χ2v) is 6.17. The molecule has 2 aromatic rings. The standard InChI is InChI=1S/C17H19FN2.C2HF3O2/c18-16-8-6-14(7-9-16)12-20(13-15-10-19-11-15)17-4-2-1-3-5-17;3-2(4,5)1(6)7/h1-9,15,19H,10-13H2;(H,6,7). The predicted molar refractivity (Wildman–Crippen MR) is 93.9 cm³/mol. The lowest BCUT2D eigenvalue weighted by atomic mass is 10.0. The fourth-order valence-corrected chi connectivity index (χ4v) is 2.50. The van der Waals surface area contributed by atoms with Gasteiger partial charge in [-0.3, -0.25) is 0 Å². The molecule has 2 aromatic carbocycles. The second-order valence-electron chi connectivity index (χ2n) is 6.17. The summed E-state index contributed by atoms with van der Waals surface area (Å²) in [6.07, 6.45) is -5.08. The van der Waals surface area contributed by atoms with Gasteiger partial charge in [-0.2, -0.15) is 13.2 Å². The number of anilines is 1. The molecule has 0 amide bonds. The van der Waals surface area contributed by atoms with E-state index in [1.54, 1.807) is 0 Å². The van der Waals surface area contributed by atoms with Gasteiger partial charge in [0.1, 0.15) is 5.82 Å². The fourth-order valence-electron chi connectivity index (χ4n) is 2.50. The molecule has 3 rings (SSSR count). The van der Waals surface area contributed by atoms with Crippen molar-refractivity contribution in [2.45, 2.75) is 12.7 Å². The number of carboxylic acids is 1. The Morgan fingerprint density at radius 1 is 1.07 bits per heavy atom. The van der Waals surface area contributed by atoms with Gasteiger partial charge in [-0.15, -0.1) is 0 Å². The number of rotatable bonds is 5. The SMILES string of the molecule is Fc1ccc(CN(CC2CNC2)c2ccccc2)cc1.O=C(O)C(F)(F)F. The van der Waals surface area contributed by atoms with Crippen LogP contribution in [0.25, 0.3) is 0 Å². The van der Waals surface area contributed by atoms with Crippen LogP contribution in [0.1, 0.15) is 5.56 Å². The van der Waals surface area contributed by atoms with Crippen molar-refractivity contribution in [2.75, 3.05) is 24.5 Å². The normalized spacial score (nSPS) is 13.9. The number of carboxylic acid groups (broad SMARTS) is 1. The quantitative estimate of drug-likeness (QED) is 0.773. The fraction of sp³-hybridized carbons (Fsp3) is 0.316. The van der Waals surface area contributed by atoms with E-state index in [1.165, 1.54) is 17.8 Å². The highest BCUT2D eigenvalue weighted by Gasteiger charge is 2.38. The summed E-state index contributed by atoms with van der Waals surface area (Å²) in [5.41, 5.74) is 2.37. The summed E-state index contributed by atoms with van der Waals surface area (Å²) in [4.78, 5) is 11.3. The number of aliphatic carboxylic acids is 1. The molecule has 1 aliphatic heterocycles. The van der Waals surface area contributed by atoms with E-state index in [2.05, 4.69) is 34.5 Å². The van der Waals surface area contributed by atoms with Gasteiger partial charge in [-0.1, -0.05) is 30.3 Å². The Morgan fingerprint density at radius 3 is 2.07 bits per heavy atom. The van der Waals surface area contributed by atoms with Crippen molar-refractivity contribution in [1.82, 2.24) is 5.32 Å². The Balaban J connectivity index is 0.000000321. The van der Waals surface area contributed by atoms with Crippen LogP contribution in [0.2, 0.25) is 0 Å². The van der Waals surface area contributed by atoms with Crippen LogP contribution in [0, 0.1) is 11.7 Å². The third kappa shape index (κ3) is 6.90. The lowest BCUT2D eigenvalue weighted by Gasteiger charge is -2.34. The molecule has 1 saturated heterocycles. The van der Waals surface area contributed by atoms with Crippen molar-refractivity contribution in [1.29, 1.82) is 0 Å². The second kappa shape index (κ2) is 9.36. The van der Waals surface area contributed by atoms with Gasteiger partial charge in [0, 0.05) is 37.8 Å². The molecule has 0 saturated carbocycles. The third-order valence-corrected chi connectivity index (χ3v) is 4.00. The Labute approximate surface area is 154 Å². The van der Waals surface area contributed by atoms with Crippen LogP contribution in [0.15, 0.2) is 54.6 Å². The number of alkyl halides is 3. The largest absolute Gasteiger partial charge is 0.490 e. The molecule has 2 N–H and O–H groups in total. The summed E-state index contributed by atoms with van der Waals surface area (Å²) < 4.78 is 44.7. The number of nitrogens with one attached hydrogen (secondary N) is 1. The van der Waals surface area contributed by atoms with Crippen molar-refractivity contribution in [2.24, 2.45) is 5.92 Å². The van der Waals surface area contributed by atoms with Crippen molar-refractivity contribution in [3.05, 3.63) is 66.0 Å². The number of nitrogens with zero attached hydrogens (tertiary/aromatic N) is 1. The first-order valence-corrected chi connectivity index (χ1v) is 8.31. The minimum atomic E-state index is -5.08. The maximum atomic E-state index is 13.0. The summed E-state index contributed by atoms with van der Waals surface area (Å²) in [5.74, 6) is -2.23. The average Bonchev–Trinajstić information content (AvgIpc) is 2.59. The molecule has 1 heterocycles. The summed E-state index contributed by atoms with van der Waals surface area (Å²) in [6, 6.07) is 17.2. The molecule has 146 valence electrons. The highest BCUT2D eigenvalue weighted by Crippen LogP contribution is 2.20. The van der Waals surface area contributed by atoms with E-state index >= 15 is 0 Å². The number of benzene rings is 2. The van der Waals surface area contributed by atoms with Gasteiger partial charge in [-0.05, 0) is 29.8 Å². The monoisotopic (exact) mass is 384 g/mol. The molecule has 27 heavy (non-hydrogen) atoms. The number of hydrogen-bond donors (Lipinski definition) is 2. The van der Waals surface area contributed by atoms with E-state index in [-0.39, 0.29) is 5.82 Å². The Morgan fingerprint density at radius 2 is 1.63 bits per heavy atom. The van der Waals surface area contributed by atoms with Crippen LogP contribution < -0.4 is 10.2 Å². The van der Waals surface area contributed by atoms with Crippen LogP contribution in [0.3, 0.4) is 0 Å². The van der Waals surface area contributed by atoms with E-state index in [1.807, 2.05) is 18.2 Å². The first-order chi connectivity index (χ1) is 12.8. The maximum absolute atomic E-state index is 13.0. The molecule has 0 aliphatic carbocycles. The minimum Gasteiger partial charge on any atom is -0.475 e. The summed E-state index contributed by atoms with van der Waals surface area (Å²) >= 11 is 0. The van der Waals surface area contributed by atoms with E-state index < -0.39 is 12.1 Å². The number of hydrogen-bond acceptors (Lipinski definition) is 3. The Bertz CT molecular complexity index is 717. The van der Waals surface area contributed by atoms with Crippen LogP contribution in [0.4, 0.5) is 23.2 Å². The van der Waals surface area contributed by atoms with Crippen molar-refractivity contribution in [3.8, 4) is 0 Å². The van der Waals surface area contributed by atoms with Gasteiger partial charge in [0.25, 0.3) is 0 Å². The molecule has 0 spiro atoms. The van der Waals surface area contributed by atoms with Crippen LogP contribution in [-0.4, -0.2) is 36.9 Å². The molecule has 0 atom stereocenters. The van der Waals surface area contributed by atoms with Crippen molar-refractivity contribution >= 4 is 11.7 Å². The number of halogens is 4.